The first-order valence-corrected chi connectivity index (χ1v) is 12.6. The van der Waals surface area contributed by atoms with Crippen molar-refractivity contribution < 1.29 is 28.8 Å². The predicted octanol–water partition coefficient (Wildman–Crippen LogP) is 3.62. The average Bonchev–Trinajstić information content (AvgIpc) is 3.37. The zero-order valence-corrected chi connectivity index (χ0v) is 21.8. The summed E-state index contributed by atoms with van der Waals surface area (Å²) in [7, 11) is 0. The van der Waals surface area contributed by atoms with E-state index in [0.717, 1.165) is 0 Å². The van der Waals surface area contributed by atoms with E-state index < -0.39 is 34.5 Å². The fraction of sp³-hybridized carbons (Fsp3) is 0.429. The van der Waals surface area contributed by atoms with Crippen molar-refractivity contribution in [2.45, 2.75) is 70.6 Å². The molecule has 0 aromatic heterocycles. The van der Waals surface area contributed by atoms with Crippen molar-refractivity contribution in [3.05, 3.63) is 75.8 Å². The number of ether oxygens (including phenoxy) is 1. The SMILES string of the molecule is CC(C)(C)OC(=O)[C@@H]1CCCN1C(=O)CCC(=O)[C@@H](Cc1ccc([N+](=O)[O-])cc1)NC(=O)c1ccccc1. The summed E-state index contributed by atoms with van der Waals surface area (Å²) in [5.41, 5.74) is 0.244. The molecule has 1 heterocycles. The summed E-state index contributed by atoms with van der Waals surface area (Å²) in [4.78, 5) is 63.5. The van der Waals surface area contributed by atoms with Crippen LogP contribution in [0.4, 0.5) is 5.69 Å². The summed E-state index contributed by atoms with van der Waals surface area (Å²) in [6.45, 7) is 5.70. The maximum Gasteiger partial charge on any atom is 0.329 e. The molecule has 3 rings (SSSR count). The van der Waals surface area contributed by atoms with E-state index in [1.54, 1.807) is 51.1 Å². The van der Waals surface area contributed by atoms with Crippen LogP contribution in [0.5, 0.6) is 0 Å². The Hall–Kier alpha value is -4.08. The molecule has 0 spiro atoms. The van der Waals surface area contributed by atoms with E-state index in [1.165, 1.54) is 29.2 Å². The number of nitrogens with one attached hydrogen (secondary N) is 1. The quantitative estimate of drug-likeness (QED) is 0.285. The van der Waals surface area contributed by atoms with E-state index in [2.05, 4.69) is 5.32 Å². The summed E-state index contributed by atoms with van der Waals surface area (Å²) < 4.78 is 5.45. The molecule has 1 saturated heterocycles. The number of non-ortho nitro benzene ring substituents is 1. The van der Waals surface area contributed by atoms with Gasteiger partial charge in [-0.05, 0) is 57.7 Å². The van der Waals surface area contributed by atoms with E-state index in [0.29, 0.717) is 30.5 Å². The monoisotopic (exact) mass is 523 g/mol. The molecule has 1 fully saturated rings. The lowest BCUT2D eigenvalue weighted by molar-refractivity contribution is -0.384. The Morgan fingerprint density at radius 1 is 1.05 bits per heavy atom. The Morgan fingerprint density at radius 3 is 2.32 bits per heavy atom. The summed E-state index contributed by atoms with van der Waals surface area (Å²) in [5, 5.41) is 13.7. The molecule has 2 aromatic rings. The second-order valence-electron chi connectivity index (χ2n) is 10.3. The lowest BCUT2D eigenvalue weighted by Crippen LogP contribution is -2.45. The highest BCUT2D eigenvalue weighted by molar-refractivity contribution is 5.98. The molecule has 0 bridgehead atoms. The summed E-state index contributed by atoms with van der Waals surface area (Å²) in [5.74, 6) is -1.58. The minimum Gasteiger partial charge on any atom is -0.458 e. The molecule has 1 aliphatic rings. The van der Waals surface area contributed by atoms with Crippen molar-refractivity contribution >= 4 is 29.3 Å². The molecule has 1 N–H and O–H groups in total. The van der Waals surface area contributed by atoms with E-state index >= 15 is 0 Å². The minimum absolute atomic E-state index is 0.0827. The van der Waals surface area contributed by atoms with Gasteiger partial charge < -0.3 is 15.0 Å². The molecule has 202 valence electrons. The van der Waals surface area contributed by atoms with Crippen LogP contribution in [0.2, 0.25) is 0 Å². The zero-order chi connectivity index (χ0) is 27.9. The Kier molecular flexibility index (Phi) is 9.33. The molecule has 2 amide bonds. The van der Waals surface area contributed by atoms with Crippen molar-refractivity contribution in [3.8, 4) is 0 Å². The summed E-state index contributed by atoms with van der Waals surface area (Å²) >= 11 is 0. The maximum atomic E-state index is 13.2. The van der Waals surface area contributed by atoms with Crippen LogP contribution < -0.4 is 5.32 Å². The number of carbonyl (C=O) groups is 4. The lowest BCUT2D eigenvalue weighted by Gasteiger charge is -2.27. The van der Waals surface area contributed by atoms with Crippen molar-refractivity contribution in [1.29, 1.82) is 0 Å². The molecule has 38 heavy (non-hydrogen) atoms. The van der Waals surface area contributed by atoms with Gasteiger partial charge in [-0.2, -0.15) is 0 Å². The topological polar surface area (TPSA) is 136 Å². The van der Waals surface area contributed by atoms with Crippen LogP contribution in [0.15, 0.2) is 54.6 Å². The molecule has 1 aliphatic heterocycles. The second kappa shape index (κ2) is 12.4. The standard InChI is InChI=1S/C28H33N3O7/c1-28(2,3)38-27(35)23-10-7-17-30(23)25(33)16-15-24(32)22(29-26(34)20-8-5-4-6-9-20)18-19-11-13-21(14-12-19)31(36)37/h4-6,8-9,11-14,22-23H,7,10,15-18H2,1-3H3,(H,29,34)/t22-,23+/m1/s1. The van der Waals surface area contributed by atoms with Gasteiger partial charge in [-0.3, -0.25) is 24.5 Å². The lowest BCUT2D eigenvalue weighted by atomic mass is 9.98. The van der Waals surface area contributed by atoms with E-state index in [1.807, 2.05) is 0 Å². The number of nitro groups is 1. The highest BCUT2D eigenvalue weighted by Gasteiger charge is 2.37. The van der Waals surface area contributed by atoms with Gasteiger partial charge in [-0.25, -0.2) is 4.79 Å². The number of benzene rings is 2. The van der Waals surface area contributed by atoms with Gasteiger partial charge in [0, 0.05) is 37.1 Å². The first-order chi connectivity index (χ1) is 17.9. The van der Waals surface area contributed by atoms with E-state index in [-0.39, 0.29) is 36.6 Å². The van der Waals surface area contributed by atoms with Crippen molar-refractivity contribution in [1.82, 2.24) is 10.2 Å². The first-order valence-electron chi connectivity index (χ1n) is 12.6. The number of ketones is 1. The molecule has 0 aliphatic carbocycles. The van der Waals surface area contributed by atoms with Gasteiger partial charge in [-0.15, -0.1) is 0 Å². The van der Waals surface area contributed by atoms with Crippen LogP contribution in [0, 0.1) is 10.1 Å². The number of nitro benzene ring substituents is 1. The molecule has 10 nitrogen and oxygen atoms in total. The number of Topliss-reactive ketones (excluding diaryl/α,β-unsaturated/α-hetero) is 1. The number of rotatable bonds is 10. The first kappa shape index (κ1) is 28.5. The minimum atomic E-state index is -0.947. The Balaban J connectivity index is 1.68. The van der Waals surface area contributed by atoms with Crippen LogP contribution in [-0.4, -0.2) is 57.6 Å². The number of carbonyl (C=O) groups excluding carboxylic acids is 4. The molecule has 10 heteroatoms. The number of esters is 1. The average molecular weight is 524 g/mol. The number of hydrogen-bond acceptors (Lipinski definition) is 7. The van der Waals surface area contributed by atoms with E-state index in [9.17, 15) is 29.3 Å². The van der Waals surface area contributed by atoms with Crippen LogP contribution in [0.3, 0.4) is 0 Å². The van der Waals surface area contributed by atoms with Crippen LogP contribution in [0.1, 0.15) is 62.4 Å². The molecule has 0 radical (unpaired) electrons. The number of nitrogens with zero attached hydrogens (tertiary/aromatic N) is 2. The zero-order valence-electron chi connectivity index (χ0n) is 21.8. The molecule has 2 aromatic carbocycles. The third-order valence-corrected chi connectivity index (χ3v) is 6.15. The van der Waals surface area contributed by atoms with Crippen molar-refractivity contribution in [3.63, 3.8) is 0 Å². The molecule has 0 saturated carbocycles. The summed E-state index contributed by atoms with van der Waals surface area (Å²) in [6, 6.07) is 12.5. The Bertz CT molecular complexity index is 1170. The van der Waals surface area contributed by atoms with Gasteiger partial charge in [0.05, 0.1) is 11.0 Å². The summed E-state index contributed by atoms with van der Waals surface area (Å²) in [6.07, 6.45) is 1.02. The smallest absolute Gasteiger partial charge is 0.329 e. The number of hydrogen-bond donors (Lipinski definition) is 1. The van der Waals surface area contributed by atoms with Crippen LogP contribution >= 0.6 is 0 Å². The fourth-order valence-corrected chi connectivity index (χ4v) is 4.29. The van der Waals surface area contributed by atoms with Gasteiger partial charge in [0.1, 0.15) is 11.6 Å². The number of amides is 2. The van der Waals surface area contributed by atoms with Crippen molar-refractivity contribution in [2.75, 3.05) is 6.54 Å². The van der Waals surface area contributed by atoms with Crippen molar-refractivity contribution in [2.24, 2.45) is 0 Å². The van der Waals surface area contributed by atoms with Gasteiger partial charge in [0.2, 0.25) is 5.91 Å². The Morgan fingerprint density at radius 2 is 1.71 bits per heavy atom. The number of likely N-dealkylation sites (tertiary alicyclic amines) is 1. The molecular weight excluding hydrogens is 490 g/mol. The fourth-order valence-electron chi connectivity index (χ4n) is 4.29. The van der Waals surface area contributed by atoms with E-state index in [4.69, 9.17) is 4.74 Å². The van der Waals surface area contributed by atoms with Gasteiger partial charge in [0.15, 0.2) is 5.78 Å². The third-order valence-electron chi connectivity index (χ3n) is 6.15. The molecule has 0 unspecified atom stereocenters. The maximum absolute atomic E-state index is 13.2. The third kappa shape index (κ3) is 7.96. The van der Waals surface area contributed by atoms with Gasteiger partial charge in [-0.1, -0.05) is 30.3 Å². The Labute approximate surface area is 221 Å². The molecular formula is C28H33N3O7. The molecule has 2 atom stereocenters. The van der Waals surface area contributed by atoms with Gasteiger partial charge in [0.25, 0.3) is 11.6 Å². The van der Waals surface area contributed by atoms with Gasteiger partial charge >= 0.3 is 5.97 Å². The van der Waals surface area contributed by atoms with Crippen LogP contribution in [-0.2, 0) is 25.5 Å². The largest absolute Gasteiger partial charge is 0.458 e. The second-order valence-corrected chi connectivity index (χ2v) is 10.3. The highest BCUT2D eigenvalue weighted by Crippen LogP contribution is 2.23. The normalized spacial score (nSPS) is 16.0. The predicted molar refractivity (Wildman–Crippen MR) is 139 cm³/mol. The van der Waals surface area contributed by atoms with Crippen LogP contribution in [0.25, 0.3) is 0 Å². The highest BCUT2D eigenvalue weighted by atomic mass is 16.6.